The molecule has 0 spiro atoms. The SMILES string of the molecule is CC(C)C(N)C(C)NCc1cccc2c1CN(C1CCC(=O)NC1=O)C2=O. The topological polar surface area (TPSA) is 105 Å². The van der Waals surface area contributed by atoms with Crippen LogP contribution in [0.15, 0.2) is 18.2 Å². The van der Waals surface area contributed by atoms with Crippen molar-refractivity contribution in [2.24, 2.45) is 11.7 Å². The summed E-state index contributed by atoms with van der Waals surface area (Å²) in [6, 6.07) is 5.27. The number of rotatable bonds is 6. The predicted molar refractivity (Wildman–Crippen MR) is 102 cm³/mol. The molecule has 27 heavy (non-hydrogen) atoms. The van der Waals surface area contributed by atoms with Gasteiger partial charge in [0, 0.05) is 37.2 Å². The molecule has 3 unspecified atom stereocenters. The van der Waals surface area contributed by atoms with Crippen LogP contribution < -0.4 is 16.4 Å². The average Bonchev–Trinajstić information content (AvgIpc) is 2.96. The molecule has 0 radical (unpaired) electrons. The van der Waals surface area contributed by atoms with Crippen LogP contribution in [0.25, 0.3) is 0 Å². The number of nitrogens with one attached hydrogen (secondary N) is 2. The van der Waals surface area contributed by atoms with Crippen molar-refractivity contribution in [3.05, 3.63) is 34.9 Å². The maximum atomic E-state index is 12.8. The summed E-state index contributed by atoms with van der Waals surface area (Å²) < 4.78 is 0. The van der Waals surface area contributed by atoms with Gasteiger partial charge < -0.3 is 16.0 Å². The third-order valence-electron chi connectivity index (χ3n) is 5.64. The minimum absolute atomic E-state index is 0.0448. The monoisotopic (exact) mass is 372 g/mol. The predicted octanol–water partition coefficient (Wildman–Crippen LogP) is 0.909. The summed E-state index contributed by atoms with van der Waals surface area (Å²) in [7, 11) is 0. The second-order valence-electron chi connectivity index (χ2n) is 7.83. The molecule has 7 nitrogen and oxygen atoms in total. The van der Waals surface area contributed by atoms with Crippen LogP contribution in [-0.2, 0) is 22.7 Å². The molecule has 3 atom stereocenters. The van der Waals surface area contributed by atoms with Gasteiger partial charge in [0.2, 0.25) is 11.8 Å². The van der Waals surface area contributed by atoms with Crippen LogP contribution >= 0.6 is 0 Å². The van der Waals surface area contributed by atoms with Crippen molar-refractivity contribution in [3.63, 3.8) is 0 Å². The highest BCUT2D eigenvalue weighted by Crippen LogP contribution is 2.29. The van der Waals surface area contributed by atoms with Crippen LogP contribution in [0.3, 0.4) is 0 Å². The molecule has 1 fully saturated rings. The lowest BCUT2D eigenvalue weighted by molar-refractivity contribution is -0.136. The maximum absolute atomic E-state index is 12.8. The first-order chi connectivity index (χ1) is 12.8. The summed E-state index contributed by atoms with van der Waals surface area (Å²) in [5, 5.41) is 5.79. The first-order valence-electron chi connectivity index (χ1n) is 9.54. The molecule has 7 heteroatoms. The molecule has 3 rings (SSSR count). The summed E-state index contributed by atoms with van der Waals surface area (Å²) in [6.07, 6.45) is 0.633. The third kappa shape index (κ3) is 3.89. The summed E-state index contributed by atoms with van der Waals surface area (Å²) >= 11 is 0. The number of amides is 3. The van der Waals surface area contributed by atoms with Gasteiger partial charge in [-0.3, -0.25) is 19.7 Å². The minimum Gasteiger partial charge on any atom is -0.326 e. The Morgan fingerprint density at radius 2 is 2.00 bits per heavy atom. The number of hydrogen-bond acceptors (Lipinski definition) is 5. The zero-order chi connectivity index (χ0) is 19.7. The van der Waals surface area contributed by atoms with Gasteiger partial charge in [-0.1, -0.05) is 26.0 Å². The average molecular weight is 372 g/mol. The highest BCUT2D eigenvalue weighted by molar-refractivity contribution is 6.05. The number of nitrogens with zero attached hydrogens (tertiary/aromatic N) is 1. The van der Waals surface area contributed by atoms with Crippen molar-refractivity contribution in [2.75, 3.05) is 0 Å². The second kappa shape index (κ2) is 7.78. The summed E-state index contributed by atoms with van der Waals surface area (Å²) in [5.41, 5.74) is 8.84. The molecule has 2 aliphatic rings. The number of nitrogens with two attached hydrogens (primary N) is 1. The largest absolute Gasteiger partial charge is 0.326 e. The first kappa shape index (κ1) is 19.5. The Bertz CT molecular complexity index is 762. The molecular weight excluding hydrogens is 344 g/mol. The second-order valence-corrected chi connectivity index (χ2v) is 7.83. The van der Waals surface area contributed by atoms with E-state index in [0.717, 1.165) is 11.1 Å². The number of carbonyl (C=O) groups excluding carboxylic acids is 3. The fraction of sp³-hybridized carbons (Fsp3) is 0.550. The smallest absolute Gasteiger partial charge is 0.255 e. The van der Waals surface area contributed by atoms with Gasteiger partial charge in [0.05, 0.1) is 0 Å². The third-order valence-corrected chi connectivity index (χ3v) is 5.64. The summed E-state index contributed by atoms with van der Waals surface area (Å²) in [5.74, 6) is -0.434. The van der Waals surface area contributed by atoms with E-state index in [1.807, 2.05) is 12.1 Å². The normalized spacial score (nSPS) is 22.0. The molecule has 0 bridgehead atoms. The van der Waals surface area contributed by atoms with E-state index in [4.69, 9.17) is 5.73 Å². The lowest BCUT2D eigenvalue weighted by Gasteiger charge is -2.29. The van der Waals surface area contributed by atoms with Gasteiger partial charge in [0.15, 0.2) is 0 Å². The molecular formula is C20H28N4O3. The molecule has 1 aromatic rings. The number of hydrogen-bond donors (Lipinski definition) is 3. The minimum atomic E-state index is -0.586. The Balaban J connectivity index is 1.74. The van der Waals surface area contributed by atoms with Crippen LogP contribution in [0.5, 0.6) is 0 Å². The molecule has 0 saturated carbocycles. The Morgan fingerprint density at radius 3 is 2.67 bits per heavy atom. The van der Waals surface area contributed by atoms with Gasteiger partial charge in [-0.05, 0) is 36.5 Å². The molecule has 2 heterocycles. The van der Waals surface area contributed by atoms with E-state index in [0.29, 0.717) is 31.0 Å². The lowest BCUT2D eigenvalue weighted by atomic mass is 9.98. The van der Waals surface area contributed by atoms with Crippen LogP contribution in [0, 0.1) is 5.92 Å². The van der Waals surface area contributed by atoms with Gasteiger partial charge >= 0.3 is 0 Å². The van der Waals surface area contributed by atoms with Gasteiger partial charge in [-0.2, -0.15) is 0 Å². The van der Waals surface area contributed by atoms with Gasteiger partial charge in [0.25, 0.3) is 5.91 Å². The van der Waals surface area contributed by atoms with Crippen LogP contribution in [0.1, 0.15) is 55.1 Å². The summed E-state index contributed by atoms with van der Waals surface area (Å²) in [4.78, 5) is 38.0. The summed E-state index contributed by atoms with van der Waals surface area (Å²) in [6.45, 7) is 7.26. The van der Waals surface area contributed by atoms with E-state index >= 15 is 0 Å². The van der Waals surface area contributed by atoms with Gasteiger partial charge in [-0.25, -0.2) is 0 Å². The van der Waals surface area contributed by atoms with Gasteiger partial charge in [0.1, 0.15) is 6.04 Å². The van der Waals surface area contributed by atoms with Crippen molar-refractivity contribution in [2.45, 2.75) is 64.8 Å². The highest BCUT2D eigenvalue weighted by Gasteiger charge is 2.39. The molecule has 0 aliphatic carbocycles. The molecule has 146 valence electrons. The number of piperidine rings is 1. The van der Waals surface area contributed by atoms with Crippen molar-refractivity contribution < 1.29 is 14.4 Å². The Hall–Kier alpha value is -2.25. The molecule has 1 aromatic carbocycles. The van der Waals surface area contributed by atoms with E-state index in [1.54, 1.807) is 11.0 Å². The van der Waals surface area contributed by atoms with Crippen molar-refractivity contribution >= 4 is 17.7 Å². The molecule has 1 saturated heterocycles. The molecule has 3 amide bonds. The number of imide groups is 1. The fourth-order valence-electron chi connectivity index (χ4n) is 3.80. The number of benzene rings is 1. The first-order valence-corrected chi connectivity index (χ1v) is 9.54. The van der Waals surface area contributed by atoms with E-state index in [-0.39, 0.29) is 36.2 Å². The van der Waals surface area contributed by atoms with Crippen LogP contribution in [0.2, 0.25) is 0 Å². The van der Waals surface area contributed by atoms with Gasteiger partial charge in [-0.15, -0.1) is 0 Å². The zero-order valence-corrected chi connectivity index (χ0v) is 16.1. The van der Waals surface area contributed by atoms with Crippen LogP contribution in [-0.4, -0.2) is 40.7 Å². The van der Waals surface area contributed by atoms with E-state index < -0.39 is 6.04 Å². The van der Waals surface area contributed by atoms with Crippen LogP contribution in [0.4, 0.5) is 0 Å². The quantitative estimate of drug-likeness (QED) is 0.644. The molecule has 4 N–H and O–H groups in total. The van der Waals surface area contributed by atoms with Crippen molar-refractivity contribution in [3.8, 4) is 0 Å². The lowest BCUT2D eigenvalue weighted by Crippen LogP contribution is -2.52. The van der Waals surface area contributed by atoms with E-state index in [9.17, 15) is 14.4 Å². The zero-order valence-electron chi connectivity index (χ0n) is 16.1. The molecule has 2 aliphatic heterocycles. The Morgan fingerprint density at radius 1 is 1.26 bits per heavy atom. The Kier molecular flexibility index (Phi) is 5.62. The number of carbonyl (C=O) groups is 3. The Labute approximate surface area is 159 Å². The van der Waals surface area contributed by atoms with Crippen molar-refractivity contribution in [1.29, 1.82) is 0 Å². The highest BCUT2D eigenvalue weighted by atomic mass is 16.2. The maximum Gasteiger partial charge on any atom is 0.255 e. The van der Waals surface area contributed by atoms with Crippen molar-refractivity contribution in [1.82, 2.24) is 15.5 Å². The van der Waals surface area contributed by atoms with E-state index in [1.165, 1.54) is 0 Å². The van der Waals surface area contributed by atoms with E-state index in [2.05, 4.69) is 31.4 Å². The fourth-order valence-corrected chi connectivity index (χ4v) is 3.80. The standard InChI is InChI=1S/C20H28N4O3/c1-11(2)18(21)12(3)22-9-13-5-4-6-14-15(13)10-24(20(14)27)16-7-8-17(25)23-19(16)26/h4-6,11-12,16,18,22H,7-10,21H2,1-3H3,(H,23,25,26). The molecule has 0 aromatic heterocycles. The number of fused-ring (bicyclic) bond motifs is 1.